The van der Waals surface area contributed by atoms with Crippen LogP contribution in [0.3, 0.4) is 0 Å². The highest BCUT2D eigenvalue weighted by atomic mass is 28.4. The van der Waals surface area contributed by atoms with Crippen molar-refractivity contribution in [3.63, 3.8) is 0 Å². The van der Waals surface area contributed by atoms with Crippen molar-refractivity contribution >= 4 is 39.6 Å². The molecule has 0 unspecified atom stereocenters. The summed E-state index contributed by atoms with van der Waals surface area (Å²) >= 11 is 0. The average molecular weight is 419 g/mol. The van der Waals surface area contributed by atoms with Crippen LogP contribution in [0.4, 0.5) is 0 Å². The van der Waals surface area contributed by atoms with Crippen molar-refractivity contribution in [3.8, 4) is 0 Å². The van der Waals surface area contributed by atoms with Crippen LogP contribution in [0.2, 0.25) is 0 Å². The molecule has 0 spiro atoms. The summed E-state index contributed by atoms with van der Waals surface area (Å²) in [6.45, 7) is 7.34. The molecule has 0 bridgehead atoms. The topological polar surface area (TPSA) is 35.5 Å². The summed E-state index contributed by atoms with van der Waals surface area (Å²) in [6.07, 6.45) is 1.20. The van der Waals surface area contributed by atoms with Crippen LogP contribution in [-0.4, -0.2) is 29.3 Å². The molecule has 29 heavy (non-hydrogen) atoms. The molecule has 5 heteroatoms. The fraction of sp³-hybridized carbons (Fsp3) is 0.125. The fourth-order valence-electron chi connectivity index (χ4n) is 3.39. The molecule has 3 nitrogen and oxygen atoms in total. The van der Waals surface area contributed by atoms with E-state index in [1.54, 1.807) is 0 Å². The van der Waals surface area contributed by atoms with E-state index < -0.39 is 29.3 Å². The summed E-state index contributed by atoms with van der Waals surface area (Å²) in [4.78, 5) is 11.8. The van der Waals surface area contributed by atoms with Gasteiger partial charge in [-0.25, -0.2) is 4.79 Å². The maximum absolute atomic E-state index is 11.8. The largest absolute Gasteiger partial charge is 0.458 e. The highest BCUT2D eigenvalue weighted by Gasteiger charge is 2.43. The lowest BCUT2D eigenvalue weighted by Gasteiger charge is -2.36. The number of hydrogen-bond donors (Lipinski definition) is 0. The molecule has 3 aromatic rings. The van der Waals surface area contributed by atoms with Gasteiger partial charge >= 0.3 is 5.97 Å². The van der Waals surface area contributed by atoms with E-state index in [0.29, 0.717) is 0 Å². The highest BCUT2D eigenvalue weighted by molar-refractivity contribution is 7.08. The molecule has 0 heterocycles. The Morgan fingerprint density at radius 3 is 1.55 bits per heavy atom. The molecule has 0 saturated carbocycles. The molecule has 0 radical (unpaired) electrons. The first-order valence-corrected chi connectivity index (χ1v) is 12.8. The molecule has 0 amide bonds. The lowest BCUT2D eigenvalue weighted by Crippen LogP contribution is -2.70. The van der Waals surface area contributed by atoms with Gasteiger partial charge in [0.1, 0.15) is 5.22 Å². The van der Waals surface area contributed by atoms with E-state index in [9.17, 15) is 4.79 Å². The number of carbonyl (C=O) groups excluding carboxylic acids is 1. The third-order valence-corrected chi connectivity index (χ3v) is 11.3. The minimum atomic E-state index is -2.75. The Kier molecular flexibility index (Phi) is 6.64. The molecule has 0 aromatic heterocycles. The molecule has 0 aliphatic rings. The summed E-state index contributed by atoms with van der Waals surface area (Å²) < 4.78 is 12.6. The molecule has 0 N–H and O–H groups in total. The first-order valence-electron chi connectivity index (χ1n) is 9.64. The second-order valence-corrected chi connectivity index (χ2v) is 13.7. The lowest BCUT2D eigenvalue weighted by molar-refractivity contribution is -0.144. The van der Waals surface area contributed by atoms with E-state index in [4.69, 9.17) is 8.85 Å². The minimum Gasteiger partial charge on any atom is -0.458 e. The first kappa shape index (κ1) is 21.0. The van der Waals surface area contributed by atoms with Gasteiger partial charge in [-0.05, 0) is 29.4 Å². The summed E-state index contributed by atoms with van der Waals surface area (Å²) in [5.74, 6) is -0.419. The Labute approximate surface area is 176 Å². The Balaban J connectivity index is 2.12. The maximum Gasteiger partial charge on any atom is 0.330 e. The monoisotopic (exact) mass is 418 g/mol. The van der Waals surface area contributed by atoms with Crippen molar-refractivity contribution in [2.75, 3.05) is 0 Å². The van der Waals surface area contributed by atoms with Gasteiger partial charge in [0.2, 0.25) is 0 Å². The summed E-state index contributed by atoms with van der Waals surface area (Å²) in [5, 5.41) is 2.88. The van der Waals surface area contributed by atoms with Gasteiger partial charge in [0.05, 0.1) is 0 Å². The van der Waals surface area contributed by atoms with Gasteiger partial charge in [-0.2, -0.15) is 0 Å². The molecule has 148 valence electrons. The highest BCUT2D eigenvalue weighted by Crippen LogP contribution is 2.15. The molecule has 0 atom stereocenters. The fourth-order valence-corrected chi connectivity index (χ4v) is 10.8. The minimum absolute atomic E-state index is 0.419. The van der Waals surface area contributed by atoms with Crippen LogP contribution < -0.4 is 15.6 Å². The van der Waals surface area contributed by atoms with E-state index in [0.717, 1.165) is 0 Å². The smallest absolute Gasteiger partial charge is 0.330 e. The number of benzene rings is 3. The summed E-state index contributed by atoms with van der Waals surface area (Å²) in [7, 11) is -4.03. The predicted octanol–water partition coefficient (Wildman–Crippen LogP) is 2.22. The Morgan fingerprint density at radius 1 is 0.828 bits per heavy atom. The van der Waals surface area contributed by atoms with Gasteiger partial charge in [-0.3, -0.25) is 0 Å². The third-order valence-electron chi connectivity index (χ3n) is 4.72. The maximum atomic E-state index is 11.8. The number of rotatable bonds is 8. The van der Waals surface area contributed by atoms with Crippen LogP contribution in [0, 0.1) is 0 Å². The van der Waals surface area contributed by atoms with Gasteiger partial charge in [-0.1, -0.05) is 97.6 Å². The van der Waals surface area contributed by atoms with Gasteiger partial charge < -0.3 is 8.85 Å². The molecular formula is C24H26O3Si2. The molecule has 0 aliphatic heterocycles. The van der Waals surface area contributed by atoms with E-state index >= 15 is 0 Å². The molecular weight excluding hydrogens is 392 g/mol. The van der Waals surface area contributed by atoms with Crippen molar-refractivity contribution in [1.29, 1.82) is 0 Å². The van der Waals surface area contributed by atoms with E-state index in [2.05, 4.69) is 79.4 Å². The number of esters is 1. The van der Waals surface area contributed by atoms with Crippen molar-refractivity contribution in [2.24, 2.45) is 0 Å². The van der Waals surface area contributed by atoms with Crippen LogP contribution in [0.1, 0.15) is 13.8 Å². The number of hydrogen-bond acceptors (Lipinski definition) is 3. The van der Waals surface area contributed by atoms with Gasteiger partial charge in [0, 0.05) is 6.08 Å². The number of carbonyl (C=O) groups is 1. The second kappa shape index (κ2) is 9.17. The normalized spacial score (nSPS) is 12.1. The van der Waals surface area contributed by atoms with Crippen molar-refractivity contribution < 1.29 is 13.6 Å². The van der Waals surface area contributed by atoms with Crippen LogP contribution in [-0.2, 0) is 13.6 Å². The molecule has 0 saturated heterocycles. The molecule has 0 fully saturated rings. The first-order chi connectivity index (χ1) is 14.0. The zero-order valence-electron chi connectivity index (χ0n) is 16.9. The Bertz CT molecular complexity index is 845. The standard InChI is InChI=1S/C24H26O3Si2/c1-4-23(25)26-24(2,3)28-27-29(20-14-8-5-9-15-20,21-16-10-6-11-17-21)22-18-12-7-13-19-22/h4-19H,1,28H2,2-3H3. The average Bonchev–Trinajstić information content (AvgIpc) is 2.76. The van der Waals surface area contributed by atoms with Crippen molar-refractivity contribution in [3.05, 3.63) is 104 Å². The predicted molar refractivity (Wildman–Crippen MR) is 124 cm³/mol. The lowest BCUT2D eigenvalue weighted by atomic mass is 10.3. The van der Waals surface area contributed by atoms with Crippen molar-refractivity contribution in [2.45, 2.75) is 19.1 Å². The Hall–Kier alpha value is -2.74. The molecule has 3 rings (SSSR count). The third kappa shape index (κ3) is 4.82. The van der Waals surface area contributed by atoms with E-state index in [-0.39, 0.29) is 0 Å². The summed E-state index contributed by atoms with van der Waals surface area (Å²) in [6, 6.07) is 31.2. The van der Waals surface area contributed by atoms with Crippen LogP contribution in [0.5, 0.6) is 0 Å². The van der Waals surface area contributed by atoms with E-state index in [1.807, 2.05) is 32.0 Å². The van der Waals surface area contributed by atoms with Gasteiger partial charge in [0.25, 0.3) is 8.32 Å². The zero-order chi connectivity index (χ0) is 20.7. The van der Waals surface area contributed by atoms with Crippen LogP contribution in [0.15, 0.2) is 104 Å². The molecule has 0 aliphatic carbocycles. The van der Waals surface area contributed by atoms with Crippen LogP contribution >= 0.6 is 0 Å². The van der Waals surface area contributed by atoms with Gasteiger partial charge in [0.15, 0.2) is 9.76 Å². The van der Waals surface area contributed by atoms with Crippen molar-refractivity contribution in [1.82, 2.24) is 0 Å². The van der Waals surface area contributed by atoms with Crippen LogP contribution in [0.25, 0.3) is 0 Å². The summed E-state index contributed by atoms with van der Waals surface area (Å²) in [5.41, 5.74) is 0. The SMILES string of the molecule is C=CC(=O)OC(C)(C)[SiH2]O[Si](c1ccccc1)(c1ccccc1)c1ccccc1. The molecule has 3 aromatic carbocycles. The second-order valence-electron chi connectivity index (χ2n) is 7.45. The quantitative estimate of drug-likeness (QED) is 0.244. The van der Waals surface area contributed by atoms with E-state index in [1.165, 1.54) is 21.6 Å². The number of ether oxygens (including phenoxy) is 1. The zero-order valence-corrected chi connectivity index (χ0v) is 19.3. The Morgan fingerprint density at radius 2 is 1.21 bits per heavy atom. The van der Waals surface area contributed by atoms with Gasteiger partial charge in [-0.15, -0.1) is 0 Å².